The van der Waals surface area contributed by atoms with E-state index in [1.165, 1.54) is 12.8 Å². The van der Waals surface area contributed by atoms with Gasteiger partial charge in [-0.2, -0.15) is 0 Å². The van der Waals surface area contributed by atoms with Crippen LogP contribution in [0, 0.1) is 5.92 Å². The molecule has 0 radical (unpaired) electrons. The average Bonchev–Trinajstić information content (AvgIpc) is 3.01. The first-order valence-electron chi connectivity index (χ1n) is 5.23. The molecule has 2 nitrogen and oxygen atoms in total. The minimum absolute atomic E-state index is 0.00827. The van der Waals surface area contributed by atoms with E-state index in [1.54, 1.807) is 24.3 Å². The van der Waals surface area contributed by atoms with Gasteiger partial charge in [-0.15, -0.1) is 0 Å². The molecule has 0 aliphatic heterocycles. The van der Waals surface area contributed by atoms with E-state index >= 15 is 0 Å². The Balaban J connectivity index is 1.97. The summed E-state index contributed by atoms with van der Waals surface area (Å²) < 4.78 is 0. The van der Waals surface area contributed by atoms with Gasteiger partial charge in [0, 0.05) is 16.6 Å². The quantitative estimate of drug-likeness (QED) is 0.839. The van der Waals surface area contributed by atoms with Crippen LogP contribution in [0.4, 0.5) is 0 Å². The predicted molar refractivity (Wildman–Crippen MR) is 61.1 cm³/mol. The molecule has 1 saturated carbocycles. The highest BCUT2D eigenvalue weighted by Crippen LogP contribution is 2.32. The Hall–Kier alpha value is -1.02. The molecule has 3 heteroatoms. The molecule has 1 atom stereocenters. The Morgan fingerprint density at radius 2 is 2.00 bits per heavy atom. The number of benzene rings is 1. The molecule has 1 aliphatic rings. The Labute approximate surface area is 94.6 Å². The molecule has 0 aromatic heterocycles. The maximum atomic E-state index is 11.7. The van der Waals surface area contributed by atoms with E-state index in [0.717, 1.165) is 0 Å². The molecule has 1 amide bonds. The van der Waals surface area contributed by atoms with Gasteiger partial charge in [0.25, 0.3) is 5.91 Å². The zero-order chi connectivity index (χ0) is 10.8. The van der Waals surface area contributed by atoms with Gasteiger partial charge in [-0.25, -0.2) is 0 Å². The minimum atomic E-state index is -0.00827. The lowest BCUT2D eigenvalue weighted by molar-refractivity contribution is 0.0936. The predicted octanol–water partition coefficient (Wildman–Crippen LogP) is 2.87. The van der Waals surface area contributed by atoms with Gasteiger partial charge in [0.2, 0.25) is 0 Å². The van der Waals surface area contributed by atoms with Gasteiger partial charge >= 0.3 is 0 Å². The van der Waals surface area contributed by atoms with Gasteiger partial charge in [-0.3, -0.25) is 4.79 Å². The van der Waals surface area contributed by atoms with Gasteiger partial charge in [0.1, 0.15) is 0 Å². The summed E-state index contributed by atoms with van der Waals surface area (Å²) in [5, 5.41) is 3.65. The SMILES string of the molecule is CC(NC(=O)c1ccc(Cl)cc1)C1CC1. The van der Waals surface area contributed by atoms with Gasteiger partial charge in [-0.05, 0) is 49.9 Å². The van der Waals surface area contributed by atoms with Gasteiger partial charge in [0.15, 0.2) is 0 Å². The summed E-state index contributed by atoms with van der Waals surface area (Å²) in [4.78, 5) is 11.7. The van der Waals surface area contributed by atoms with Crippen molar-refractivity contribution in [3.8, 4) is 0 Å². The van der Waals surface area contributed by atoms with Crippen LogP contribution in [0.15, 0.2) is 24.3 Å². The number of carbonyl (C=O) groups is 1. The van der Waals surface area contributed by atoms with Crippen molar-refractivity contribution in [2.24, 2.45) is 5.92 Å². The van der Waals surface area contributed by atoms with E-state index in [1.807, 2.05) is 0 Å². The molecular formula is C12H14ClNO. The standard InChI is InChI=1S/C12H14ClNO/c1-8(9-2-3-9)14-12(15)10-4-6-11(13)7-5-10/h4-9H,2-3H2,1H3,(H,14,15). The fourth-order valence-corrected chi connectivity index (χ4v) is 1.73. The molecule has 0 saturated heterocycles. The van der Waals surface area contributed by atoms with Gasteiger partial charge in [-0.1, -0.05) is 11.6 Å². The average molecular weight is 224 g/mol. The lowest BCUT2D eigenvalue weighted by atomic mass is 10.1. The van der Waals surface area contributed by atoms with Crippen LogP contribution >= 0.6 is 11.6 Å². The zero-order valence-corrected chi connectivity index (χ0v) is 9.42. The van der Waals surface area contributed by atoms with Gasteiger partial charge < -0.3 is 5.32 Å². The van der Waals surface area contributed by atoms with Crippen LogP contribution in [0.3, 0.4) is 0 Å². The normalized spacial score (nSPS) is 17.2. The van der Waals surface area contributed by atoms with Crippen LogP contribution in [0.2, 0.25) is 5.02 Å². The van der Waals surface area contributed by atoms with E-state index in [2.05, 4.69) is 12.2 Å². The zero-order valence-electron chi connectivity index (χ0n) is 8.66. The van der Waals surface area contributed by atoms with Crippen LogP contribution in [-0.4, -0.2) is 11.9 Å². The van der Waals surface area contributed by atoms with Crippen LogP contribution in [0.1, 0.15) is 30.1 Å². The molecule has 1 aliphatic carbocycles. The maximum absolute atomic E-state index is 11.7. The molecule has 0 bridgehead atoms. The molecule has 1 aromatic carbocycles. The highest BCUT2D eigenvalue weighted by Gasteiger charge is 2.28. The molecule has 15 heavy (non-hydrogen) atoms. The third-order valence-electron chi connectivity index (χ3n) is 2.79. The second-order valence-corrected chi connectivity index (χ2v) is 4.54. The first-order valence-corrected chi connectivity index (χ1v) is 5.61. The Kier molecular flexibility index (Phi) is 2.96. The second-order valence-electron chi connectivity index (χ2n) is 4.11. The number of nitrogens with one attached hydrogen (secondary N) is 1. The van der Waals surface area contributed by atoms with Crippen LogP contribution in [-0.2, 0) is 0 Å². The molecule has 0 spiro atoms. The van der Waals surface area contributed by atoms with Crippen molar-refractivity contribution in [2.75, 3.05) is 0 Å². The number of hydrogen-bond acceptors (Lipinski definition) is 1. The number of halogens is 1. The maximum Gasteiger partial charge on any atom is 0.251 e. The van der Waals surface area contributed by atoms with Crippen molar-refractivity contribution in [3.05, 3.63) is 34.9 Å². The number of carbonyl (C=O) groups excluding carboxylic acids is 1. The molecule has 0 heterocycles. The lowest BCUT2D eigenvalue weighted by Gasteiger charge is -2.12. The highest BCUT2D eigenvalue weighted by atomic mass is 35.5. The van der Waals surface area contributed by atoms with E-state index < -0.39 is 0 Å². The molecular weight excluding hydrogens is 210 g/mol. The summed E-state index contributed by atoms with van der Waals surface area (Å²) in [5.41, 5.74) is 0.673. The van der Waals surface area contributed by atoms with E-state index in [9.17, 15) is 4.79 Å². The summed E-state index contributed by atoms with van der Waals surface area (Å²) in [7, 11) is 0. The summed E-state index contributed by atoms with van der Waals surface area (Å²) >= 11 is 5.75. The fraction of sp³-hybridized carbons (Fsp3) is 0.417. The fourth-order valence-electron chi connectivity index (χ4n) is 1.61. The molecule has 1 fully saturated rings. The van der Waals surface area contributed by atoms with Crippen molar-refractivity contribution in [1.29, 1.82) is 0 Å². The topological polar surface area (TPSA) is 29.1 Å². The smallest absolute Gasteiger partial charge is 0.251 e. The number of amides is 1. The summed E-state index contributed by atoms with van der Waals surface area (Å²) in [6.07, 6.45) is 2.48. The Bertz CT molecular complexity index is 356. The summed E-state index contributed by atoms with van der Waals surface area (Å²) in [5.74, 6) is 0.673. The van der Waals surface area contributed by atoms with Crippen molar-refractivity contribution < 1.29 is 4.79 Å². The molecule has 1 aromatic rings. The first kappa shape index (κ1) is 10.5. The Morgan fingerprint density at radius 3 is 2.53 bits per heavy atom. The number of hydrogen-bond donors (Lipinski definition) is 1. The molecule has 1 unspecified atom stereocenters. The van der Waals surface area contributed by atoms with Crippen molar-refractivity contribution in [1.82, 2.24) is 5.32 Å². The van der Waals surface area contributed by atoms with Crippen LogP contribution < -0.4 is 5.32 Å². The minimum Gasteiger partial charge on any atom is -0.349 e. The highest BCUT2D eigenvalue weighted by molar-refractivity contribution is 6.30. The van der Waals surface area contributed by atoms with Crippen LogP contribution in [0.25, 0.3) is 0 Å². The summed E-state index contributed by atoms with van der Waals surface area (Å²) in [6, 6.07) is 7.25. The molecule has 2 rings (SSSR count). The molecule has 80 valence electrons. The number of rotatable bonds is 3. The van der Waals surface area contributed by atoms with Crippen LogP contribution in [0.5, 0.6) is 0 Å². The van der Waals surface area contributed by atoms with Crippen molar-refractivity contribution in [3.63, 3.8) is 0 Å². The lowest BCUT2D eigenvalue weighted by Crippen LogP contribution is -2.33. The third kappa shape index (κ3) is 2.72. The van der Waals surface area contributed by atoms with Crippen molar-refractivity contribution in [2.45, 2.75) is 25.8 Å². The van der Waals surface area contributed by atoms with E-state index in [4.69, 9.17) is 11.6 Å². The Morgan fingerprint density at radius 1 is 1.40 bits per heavy atom. The van der Waals surface area contributed by atoms with E-state index in [-0.39, 0.29) is 11.9 Å². The second kappa shape index (κ2) is 4.23. The molecule has 1 N–H and O–H groups in total. The monoisotopic (exact) mass is 223 g/mol. The van der Waals surface area contributed by atoms with Gasteiger partial charge in [0.05, 0.1) is 0 Å². The van der Waals surface area contributed by atoms with Crippen molar-refractivity contribution >= 4 is 17.5 Å². The van der Waals surface area contributed by atoms with E-state index in [0.29, 0.717) is 16.5 Å². The first-order chi connectivity index (χ1) is 7.16. The largest absolute Gasteiger partial charge is 0.349 e. The summed E-state index contributed by atoms with van der Waals surface area (Å²) in [6.45, 7) is 2.06. The third-order valence-corrected chi connectivity index (χ3v) is 3.05.